The van der Waals surface area contributed by atoms with Gasteiger partial charge < -0.3 is 5.32 Å². The van der Waals surface area contributed by atoms with Gasteiger partial charge in [-0.15, -0.1) is 10.2 Å². The van der Waals surface area contributed by atoms with Crippen LogP contribution < -0.4 is 5.32 Å². The van der Waals surface area contributed by atoms with E-state index >= 15 is 0 Å². The number of nitrogens with zero attached hydrogens (tertiary/aromatic N) is 3. The molecule has 1 N–H and O–H groups in total. The highest BCUT2D eigenvalue weighted by Crippen LogP contribution is 2.06. The first-order valence-electron chi connectivity index (χ1n) is 7.83. The molecule has 3 rings (SSSR count). The van der Waals surface area contributed by atoms with Crippen molar-refractivity contribution < 1.29 is 4.79 Å². The van der Waals surface area contributed by atoms with Gasteiger partial charge in [0.1, 0.15) is 5.82 Å². The van der Waals surface area contributed by atoms with Crippen LogP contribution in [0, 0.1) is 6.92 Å². The van der Waals surface area contributed by atoms with Crippen LogP contribution >= 0.6 is 0 Å². The van der Waals surface area contributed by atoms with E-state index in [1.54, 1.807) is 0 Å². The summed E-state index contributed by atoms with van der Waals surface area (Å²) in [5.41, 5.74) is 3.25. The number of rotatable bonds is 6. The molecule has 23 heavy (non-hydrogen) atoms. The summed E-state index contributed by atoms with van der Waals surface area (Å²) in [6.07, 6.45) is 3.87. The molecule has 0 aliphatic rings. The van der Waals surface area contributed by atoms with E-state index in [4.69, 9.17) is 0 Å². The molecule has 0 spiro atoms. The van der Waals surface area contributed by atoms with Gasteiger partial charge in [-0.05, 0) is 31.0 Å². The molecule has 0 aliphatic carbocycles. The van der Waals surface area contributed by atoms with Gasteiger partial charge in [-0.3, -0.25) is 9.20 Å². The monoisotopic (exact) mass is 308 g/mol. The van der Waals surface area contributed by atoms with Crippen molar-refractivity contribution in [3.8, 4) is 0 Å². The van der Waals surface area contributed by atoms with Crippen LogP contribution in [0.4, 0.5) is 0 Å². The van der Waals surface area contributed by atoms with Gasteiger partial charge in [-0.25, -0.2) is 0 Å². The van der Waals surface area contributed by atoms with Crippen LogP contribution in [-0.2, 0) is 17.6 Å². The number of nitrogens with one attached hydrogen (secondary N) is 1. The fourth-order valence-electron chi connectivity index (χ4n) is 2.48. The first kappa shape index (κ1) is 15.2. The Morgan fingerprint density at radius 2 is 1.91 bits per heavy atom. The summed E-state index contributed by atoms with van der Waals surface area (Å²) in [5, 5.41) is 11.2. The number of carbonyl (C=O) groups is 1. The molecule has 2 heterocycles. The van der Waals surface area contributed by atoms with Crippen molar-refractivity contribution in [3.05, 3.63) is 65.6 Å². The molecule has 3 aromatic rings. The molecular formula is C18H20N4O. The SMILES string of the molecule is Cc1ccc(CCC(=O)NCCc2nnc3ccccn23)cc1. The van der Waals surface area contributed by atoms with Crippen molar-refractivity contribution in [2.24, 2.45) is 0 Å². The van der Waals surface area contributed by atoms with Crippen molar-refractivity contribution in [2.75, 3.05) is 6.54 Å². The van der Waals surface area contributed by atoms with Crippen LogP contribution in [0.25, 0.3) is 5.65 Å². The molecule has 0 atom stereocenters. The Morgan fingerprint density at radius 3 is 2.74 bits per heavy atom. The zero-order valence-electron chi connectivity index (χ0n) is 13.2. The van der Waals surface area contributed by atoms with Gasteiger partial charge in [0.25, 0.3) is 0 Å². The average molecular weight is 308 g/mol. The molecule has 0 saturated carbocycles. The quantitative estimate of drug-likeness (QED) is 0.760. The molecule has 2 aromatic heterocycles. The normalized spacial score (nSPS) is 10.8. The van der Waals surface area contributed by atoms with E-state index < -0.39 is 0 Å². The maximum absolute atomic E-state index is 11.9. The molecule has 0 aliphatic heterocycles. The number of pyridine rings is 1. The second-order valence-electron chi connectivity index (χ2n) is 5.63. The van der Waals surface area contributed by atoms with Crippen molar-refractivity contribution in [1.82, 2.24) is 19.9 Å². The standard InChI is InChI=1S/C18H20N4O/c1-14-5-7-15(8-6-14)9-10-18(23)19-12-11-17-21-20-16-4-2-3-13-22(16)17/h2-8,13H,9-12H2,1H3,(H,19,23). The number of aryl methyl sites for hydroxylation is 2. The Bertz CT molecular complexity index is 792. The van der Waals surface area contributed by atoms with Gasteiger partial charge in [0.2, 0.25) is 5.91 Å². The van der Waals surface area contributed by atoms with Gasteiger partial charge >= 0.3 is 0 Å². The highest BCUT2D eigenvalue weighted by atomic mass is 16.1. The second-order valence-corrected chi connectivity index (χ2v) is 5.63. The lowest BCUT2D eigenvalue weighted by Crippen LogP contribution is -2.26. The number of fused-ring (bicyclic) bond motifs is 1. The fraction of sp³-hybridized carbons (Fsp3) is 0.278. The van der Waals surface area contributed by atoms with Crippen LogP contribution in [0.1, 0.15) is 23.4 Å². The third-order valence-corrected chi connectivity index (χ3v) is 3.82. The van der Waals surface area contributed by atoms with Gasteiger partial charge in [0, 0.05) is 25.6 Å². The number of carbonyl (C=O) groups excluding carboxylic acids is 1. The average Bonchev–Trinajstić information content (AvgIpc) is 2.98. The van der Waals surface area contributed by atoms with Crippen LogP contribution in [0.5, 0.6) is 0 Å². The Hall–Kier alpha value is -2.69. The predicted octanol–water partition coefficient (Wildman–Crippen LogP) is 2.33. The first-order chi connectivity index (χ1) is 11.2. The summed E-state index contributed by atoms with van der Waals surface area (Å²) in [7, 11) is 0. The maximum Gasteiger partial charge on any atom is 0.220 e. The van der Waals surface area contributed by atoms with E-state index in [1.807, 2.05) is 28.8 Å². The van der Waals surface area contributed by atoms with E-state index in [0.29, 0.717) is 19.4 Å². The fourth-order valence-corrected chi connectivity index (χ4v) is 2.48. The van der Waals surface area contributed by atoms with Gasteiger partial charge in [-0.1, -0.05) is 35.9 Å². The van der Waals surface area contributed by atoms with Gasteiger partial charge in [-0.2, -0.15) is 0 Å². The molecular weight excluding hydrogens is 288 g/mol. The Kier molecular flexibility index (Phi) is 4.66. The zero-order chi connectivity index (χ0) is 16.1. The summed E-state index contributed by atoms with van der Waals surface area (Å²) in [5.74, 6) is 0.929. The van der Waals surface area contributed by atoms with Crippen LogP contribution in [-0.4, -0.2) is 27.0 Å². The Labute approximate surface area is 135 Å². The minimum atomic E-state index is 0.0689. The number of hydrogen-bond donors (Lipinski definition) is 1. The molecule has 0 saturated heterocycles. The summed E-state index contributed by atoms with van der Waals surface area (Å²) in [4.78, 5) is 11.9. The van der Waals surface area contributed by atoms with E-state index in [-0.39, 0.29) is 5.91 Å². The highest BCUT2D eigenvalue weighted by Gasteiger charge is 2.06. The van der Waals surface area contributed by atoms with Gasteiger partial charge in [0.05, 0.1) is 0 Å². The van der Waals surface area contributed by atoms with Crippen LogP contribution in [0.2, 0.25) is 0 Å². The number of hydrogen-bond acceptors (Lipinski definition) is 3. The lowest BCUT2D eigenvalue weighted by molar-refractivity contribution is -0.121. The lowest BCUT2D eigenvalue weighted by atomic mass is 10.1. The van der Waals surface area contributed by atoms with Crippen molar-refractivity contribution in [2.45, 2.75) is 26.2 Å². The van der Waals surface area contributed by atoms with E-state index in [1.165, 1.54) is 11.1 Å². The number of aromatic nitrogens is 3. The lowest BCUT2D eigenvalue weighted by Gasteiger charge is -2.05. The van der Waals surface area contributed by atoms with Crippen molar-refractivity contribution in [1.29, 1.82) is 0 Å². The van der Waals surface area contributed by atoms with E-state index in [2.05, 4.69) is 46.7 Å². The number of amides is 1. The van der Waals surface area contributed by atoms with Gasteiger partial charge in [0.15, 0.2) is 5.65 Å². The minimum absolute atomic E-state index is 0.0689. The Morgan fingerprint density at radius 1 is 1.09 bits per heavy atom. The summed E-state index contributed by atoms with van der Waals surface area (Å²) in [6, 6.07) is 14.1. The largest absolute Gasteiger partial charge is 0.356 e. The van der Waals surface area contributed by atoms with E-state index in [0.717, 1.165) is 17.9 Å². The first-order valence-corrected chi connectivity index (χ1v) is 7.83. The van der Waals surface area contributed by atoms with Crippen LogP contribution in [0.15, 0.2) is 48.7 Å². The predicted molar refractivity (Wildman–Crippen MR) is 89.2 cm³/mol. The van der Waals surface area contributed by atoms with Crippen LogP contribution in [0.3, 0.4) is 0 Å². The topological polar surface area (TPSA) is 59.3 Å². The molecule has 1 amide bonds. The number of benzene rings is 1. The summed E-state index contributed by atoms with van der Waals surface area (Å²) < 4.78 is 1.94. The molecule has 118 valence electrons. The van der Waals surface area contributed by atoms with Crippen molar-refractivity contribution in [3.63, 3.8) is 0 Å². The molecule has 5 heteroatoms. The molecule has 5 nitrogen and oxygen atoms in total. The summed E-state index contributed by atoms with van der Waals surface area (Å²) >= 11 is 0. The second kappa shape index (κ2) is 7.05. The highest BCUT2D eigenvalue weighted by molar-refractivity contribution is 5.76. The van der Waals surface area contributed by atoms with E-state index in [9.17, 15) is 4.79 Å². The third-order valence-electron chi connectivity index (χ3n) is 3.82. The molecule has 0 bridgehead atoms. The summed E-state index contributed by atoms with van der Waals surface area (Å²) in [6.45, 7) is 2.63. The Balaban J connectivity index is 1.45. The third kappa shape index (κ3) is 3.94. The molecule has 1 aromatic carbocycles. The maximum atomic E-state index is 11.9. The molecule has 0 unspecified atom stereocenters. The minimum Gasteiger partial charge on any atom is -0.356 e. The molecule has 0 radical (unpaired) electrons. The zero-order valence-corrected chi connectivity index (χ0v) is 13.2. The molecule has 0 fully saturated rings. The smallest absolute Gasteiger partial charge is 0.220 e. The van der Waals surface area contributed by atoms with Crippen molar-refractivity contribution >= 4 is 11.6 Å².